The largest absolute Gasteiger partial charge is 0.497 e. The van der Waals surface area contributed by atoms with E-state index in [1.165, 1.54) is 11.3 Å². The molecule has 0 aromatic heterocycles. The van der Waals surface area contributed by atoms with Gasteiger partial charge in [-0.2, -0.15) is 0 Å². The Morgan fingerprint density at radius 3 is 2.25 bits per heavy atom. The van der Waals surface area contributed by atoms with Crippen LogP contribution in [-0.4, -0.2) is 50.8 Å². The Bertz CT molecular complexity index is 1240. The van der Waals surface area contributed by atoms with Crippen molar-refractivity contribution in [3.8, 4) is 17.2 Å². The number of hydrogen-bond acceptors (Lipinski definition) is 5. The van der Waals surface area contributed by atoms with Gasteiger partial charge in [0.15, 0.2) is 0 Å². The van der Waals surface area contributed by atoms with Gasteiger partial charge in [-0.05, 0) is 55.3 Å². The predicted octanol–water partition coefficient (Wildman–Crippen LogP) is 5.10. The maximum absolute atomic E-state index is 14.2. The first kappa shape index (κ1) is 24.0. The first-order valence-electron chi connectivity index (χ1n) is 12.5. The molecule has 188 valence electrons. The maximum atomic E-state index is 14.2. The van der Waals surface area contributed by atoms with E-state index >= 15 is 0 Å². The van der Waals surface area contributed by atoms with Crippen LogP contribution in [0, 0.1) is 5.92 Å². The van der Waals surface area contributed by atoms with E-state index in [2.05, 4.69) is 55.1 Å². The minimum atomic E-state index is -0.181. The number of para-hydroxylation sites is 1. The molecular weight excluding hydrogens is 452 g/mol. The summed E-state index contributed by atoms with van der Waals surface area (Å²) in [5.74, 6) is 2.25. The van der Waals surface area contributed by atoms with Crippen LogP contribution in [0.25, 0.3) is 0 Å². The van der Waals surface area contributed by atoms with Crippen molar-refractivity contribution in [3.63, 3.8) is 0 Å². The van der Waals surface area contributed by atoms with Crippen molar-refractivity contribution in [1.29, 1.82) is 0 Å². The molecule has 0 aliphatic carbocycles. The summed E-state index contributed by atoms with van der Waals surface area (Å²) in [6, 6.07) is 22.8. The number of likely N-dealkylation sites (tertiary alicyclic amines) is 1. The topological polar surface area (TPSA) is 51.2 Å². The van der Waals surface area contributed by atoms with Gasteiger partial charge in [0.25, 0.3) is 0 Å². The molecule has 2 heterocycles. The molecule has 6 nitrogen and oxygen atoms in total. The number of amides is 1. The fraction of sp³-hybridized carbons (Fsp3) is 0.367. The van der Waals surface area contributed by atoms with Gasteiger partial charge in [0.05, 0.1) is 33.3 Å². The molecule has 3 atom stereocenters. The highest BCUT2D eigenvalue weighted by atomic mass is 16.5. The Balaban J connectivity index is 1.57. The SMILES string of the molecule is COc1ccc([C@@H]2c3ccccc3N(C(C)C)[C@@H]3CN(Cc4ccc(OC)cc4OC)C(=O)[C@@H]23)cc1. The van der Waals surface area contributed by atoms with Crippen LogP contribution < -0.4 is 19.1 Å². The van der Waals surface area contributed by atoms with Gasteiger partial charge in [0.1, 0.15) is 17.2 Å². The average molecular weight is 487 g/mol. The number of methoxy groups -OCH3 is 3. The molecule has 2 aliphatic rings. The van der Waals surface area contributed by atoms with Crippen molar-refractivity contribution in [3.05, 3.63) is 83.4 Å². The van der Waals surface area contributed by atoms with E-state index in [4.69, 9.17) is 14.2 Å². The Morgan fingerprint density at radius 1 is 0.889 bits per heavy atom. The molecule has 1 amide bonds. The van der Waals surface area contributed by atoms with E-state index < -0.39 is 0 Å². The minimum Gasteiger partial charge on any atom is -0.497 e. The molecule has 0 spiro atoms. The van der Waals surface area contributed by atoms with Crippen molar-refractivity contribution < 1.29 is 19.0 Å². The summed E-state index contributed by atoms with van der Waals surface area (Å²) in [6.45, 7) is 5.58. The van der Waals surface area contributed by atoms with Crippen molar-refractivity contribution >= 4 is 11.6 Å². The lowest BCUT2D eigenvalue weighted by Gasteiger charge is -2.45. The average Bonchev–Trinajstić information content (AvgIpc) is 3.22. The monoisotopic (exact) mass is 486 g/mol. The Kier molecular flexibility index (Phi) is 6.52. The summed E-state index contributed by atoms with van der Waals surface area (Å²) < 4.78 is 16.4. The fourth-order valence-electron chi connectivity index (χ4n) is 5.98. The quantitative estimate of drug-likeness (QED) is 0.465. The minimum absolute atomic E-state index is 0.0256. The molecule has 1 saturated heterocycles. The summed E-state index contributed by atoms with van der Waals surface area (Å²) in [6.07, 6.45) is 0. The molecule has 0 radical (unpaired) electrons. The number of anilines is 1. The second-order valence-corrected chi connectivity index (χ2v) is 9.80. The fourth-order valence-corrected chi connectivity index (χ4v) is 5.98. The lowest BCUT2D eigenvalue weighted by atomic mass is 9.73. The van der Waals surface area contributed by atoms with E-state index in [1.54, 1.807) is 21.3 Å². The number of carbonyl (C=O) groups is 1. The zero-order chi connectivity index (χ0) is 25.4. The third-order valence-corrected chi connectivity index (χ3v) is 7.57. The molecule has 36 heavy (non-hydrogen) atoms. The summed E-state index contributed by atoms with van der Waals surface area (Å²) in [4.78, 5) is 18.6. The highest BCUT2D eigenvalue weighted by Crippen LogP contribution is 2.50. The van der Waals surface area contributed by atoms with Gasteiger partial charge >= 0.3 is 0 Å². The maximum Gasteiger partial charge on any atom is 0.229 e. The van der Waals surface area contributed by atoms with Crippen molar-refractivity contribution in [2.45, 2.75) is 38.4 Å². The van der Waals surface area contributed by atoms with Crippen LogP contribution in [0.5, 0.6) is 17.2 Å². The van der Waals surface area contributed by atoms with E-state index in [1.807, 2.05) is 35.2 Å². The van der Waals surface area contributed by atoms with Crippen LogP contribution in [0.3, 0.4) is 0 Å². The first-order chi connectivity index (χ1) is 17.5. The highest BCUT2D eigenvalue weighted by molar-refractivity contribution is 5.87. The first-order valence-corrected chi connectivity index (χ1v) is 12.5. The number of fused-ring (bicyclic) bond motifs is 2. The molecule has 0 N–H and O–H groups in total. The van der Waals surface area contributed by atoms with Crippen molar-refractivity contribution in [2.75, 3.05) is 32.8 Å². The molecule has 3 aromatic carbocycles. The summed E-state index contributed by atoms with van der Waals surface area (Å²) >= 11 is 0. The lowest BCUT2D eigenvalue weighted by molar-refractivity contribution is -0.132. The number of hydrogen-bond donors (Lipinski definition) is 0. The summed E-state index contributed by atoms with van der Waals surface area (Å²) in [7, 11) is 4.97. The van der Waals surface area contributed by atoms with Crippen LogP contribution >= 0.6 is 0 Å². The smallest absolute Gasteiger partial charge is 0.229 e. The standard InChI is InChI=1S/C30H34N2O4/c1-19(2)32-25-9-7-6-8-24(25)28(20-10-13-22(34-3)14-11-20)29-26(32)18-31(30(29)33)17-21-12-15-23(35-4)16-27(21)36-5/h6-16,19,26,28-29H,17-18H2,1-5H3/t26-,28-,29-/m1/s1. The van der Waals surface area contributed by atoms with Gasteiger partial charge in [-0.1, -0.05) is 30.3 Å². The normalized spacial score (nSPS) is 20.8. The molecule has 2 aliphatic heterocycles. The van der Waals surface area contributed by atoms with E-state index in [-0.39, 0.29) is 29.8 Å². The number of benzene rings is 3. The van der Waals surface area contributed by atoms with Crippen LogP contribution in [0.2, 0.25) is 0 Å². The zero-order valence-electron chi connectivity index (χ0n) is 21.6. The zero-order valence-corrected chi connectivity index (χ0v) is 21.6. The second-order valence-electron chi connectivity index (χ2n) is 9.80. The Labute approximate surface area is 213 Å². The highest BCUT2D eigenvalue weighted by Gasteiger charge is 2.52. The molecular formula is C30H34N2O4. The predicted molar refractivity (Wildman–Crippen MR) is 141 cm³/mol. The van der Waals surface area contributed by atoms with Crippen molar-refractivity contribution in [2.24, 2.45) is 5.92 Å². The molecule has 0 unspecified atom stereocenters. The third kappa shape index (κ3) is 4.04. The molecule has 5 rings (SSSR count). The third-order valence-electron chi connectivity index (χ3n) is 7.57. The number of nitrogens with zero attached hydrogens (tertiary/aromatic N) is 2. The Hall–Kier alpha value is -3.67. The van der Waals surface area contributed by atoms with E-state index in [0.717, 1.165) is 28.4 Å². The van der Waals surface area contributed by atoms with Gasteiger partial charge in [-0.3, -0.25) is 4.79 Å². The molecule has 6 heteroatoms. The van der Waals surface area contributed by atoms with Gasteiger partial charge in [0, 0.05) is 42.4 Å². The van der Waals surface area contributed by atoms with E-state index in [9.17, 15) is 4.79 Å². The van der Waals surface area contributed by atoms with Crippen LogP contribution in [0.1, 0.15) is 36.5 Å². The van der Waals surface area contributed by atoms with Gasteiger partial charge in [-0.25, -0.2) is 0 Å². The lowest BCUT2D eigenvalue weighted by Crippen LogP contribution is -2.50. The molecule has 0 saturated carbocycles. The van der Waals surface area contributed by atoms with Crippen LogP contribution in [0.15, 0.2) is 66.7 Å². The summed E-state index contributed by atoms with van der Waals surface area (Å²) in [5, 5.41) is 0. The Morgan fingerprint density at radius 2 is 1.58 bits per heavy atom. The molecule has 3 aromatic rings. The van der Waals surface area contributed by atoms with Gasteiger partial charge in [0.2, 0.25) is 5.91 Å². The van der Waals surface area contributed by atoms with Gasteiger partial charge in [-0.15, -0.1) is 0 Å². The van der Waals surface area contributed by atoms with Gasteiger partial charge < -0.3 is 24.0 Å². The molecule has 0 bridgehead atoms. The van der Waals surface area contributed by atoms with Crippen LogP contribution in [-0.2, 0) is 11.3 Å². The molecule has 1 fully saturated rings. The van der Waals surface area contributed by atoms with Crippen LogP contribution in [0.4, 0.5) is 5.69 Å². The van der Waals surface area contributed by atoms with E-state index in [0.29, 0.717) is 13.1 Å². The summed E-state index contributed by atoms with van der Waals surface area (Å²) in [5.41, 5.74) is 4.53. The number of ether oxygens (including phenoxy) is 3. The second kappa shape index (κ2) is 9.76. The number of carbonyl (C=O) groups excluding carboxylic acids is 1. The number of rotatable bonds is 7. The van der Waals surface area contributed by atoms with Crippen molar-refractivity contribution in [1.82, 2.24) is 4.90 Å².